The minimum atomic E-state index is -0.647. The Labute approximate surface area is 143 Å². The van der Waals surface area contributed by atoms with Crippen LogP contribution in [0.2, 0.25) is 0 Å². The zero-order chi connectivity index (χ0) is 17.4. The lowest BCUT2D eigenvalue weighted by Gasteiger charge is -2.17. The number of benzene rings is 1. The molecule has 0 fully saturated rings. The van der Waals surface area contributed by atoms with Gasteiger partial charge in [0.05, 0.1) is 5.66 Å². The minimum absolute atomic E-state index is 0.281. The van der Waals surface area contributed by atoms with Gasteiger partial charge < -0.3 is 20.5 Å². The molecule has 0 aliphatic rings. The Kier molecular flexibility index (Phi) is 3.47. The van der Waals surface area contributed by atoms with Crippen LogP contribution in [0.5, 0.6) is 0 Å². The van der Waals surface area contributed by atoms with Crippen LogP contribution in [-0.2, 0) is 0 Å². The van der Waals surface area contributed by atoms with E-state index in [1.165, 1.54) is 0 Å². The monoisotopic (exact) mass is 335 g/mol. The number of fused-ring (bicyclic) bond motifs is 1. The van der Waals surface area contributed by atoms with Crippen LogP contribution in [0.15, 0.2) is 47.3 Å². The van der Waals surface area contributed by atoms with Crippen LogP contribution in [0.25, 0.3) is 33.7 Å². The van der Waals surface area contributed by atoms with E-state index in [4.69, 9.17) is 10.2 Å². The van der Waals surface area contributed by atoms with E-state index in [2.05, 4.69) is 30.5 Å². The quantitative estimate of drug-likeness (QED) is 0.491. The van der Waals surface area contributed by atoms with E-state index in [0.29, 0.717) is 11.7 Å². The molecule has 126 valence electrons. The number of anilines is 1. The third kappa shape index (κ3) is 3.07. The van der Waals surface area contributed by atoms with Crippen molar-refractivity contribution < 1.29 is 4.42 Å². The number of hydrogen-bond donors (Lipinski definition) is 3. The van der Waals surface area contributed by atoms with E-state index in [0.717, 1.165) is 22.0 Å². The molecule has 0 saturated carbocycles. The number of H-pyrrole nitrogens is 1. The Morgan fingerprint density at radius 3 is 2.72 bits per heavy atom. The third-order valence-corrected chi connectivity index (χ3v) is 3.59. The summed E-state index contributed by atoms with van der Waals surface area (Å²) in [6.07, 6.45) is 5.33. The van der Waals surface area contributed by atoms with Crippen LogP contribution < -0.4 is 11.1 Å². The highest BCUT2D eigenvalue weighted by Crippen LogP contribution is 2.30. The maximum Gasteiger partial charge on any atom is 0.317 e. The van der Waals surface area contributed by atoms with Gasteiger partial charge in [-0.05, 0) is 38.1 Å². The summed E-state index contributed by atoms with van der Waals surface area (Å²) in [5.74, 6) is 1.07. The number of aromatic amines is 1. The average molecular weight is 335 g/mol. The highest BCUT2D eigenvalue weighted by Gasteiger charge is 2.16. The SMILES string of the molecule is CC(C)(N)Nc1nnc(-c2ccc3[nH]cc(-c4ncccn4)c3c2)o1. The van der Waals surface area contributed by atoms with E-state index in [-0.39, 0.29) is 6.01 Å². The summed E-state index contributed by atoms with van der Waals surface area (Å²) in [6, 6.07) is 7.92. The van der Waals surface area contributed by atoms with Gasteiger partial charge in [0.1, 0.15) is 0 Å². The Bertz CT molecular complexity index is 1010. The van der Waals surface area contributed by atoms with Gasteiger partial charge in [-0.1, -0.05) is 5.10 Å². The molecular formula is C17H17N7O. The van der Waals surface area contributed by atoms with Gasteiger partial charge in [0, 0.05) is 40.6 Å². The van der Waals surface area contributed by atoms with Crippen LogP contribution in [0.4, 0.5) is 6.01 Å². The van der Waals surface area contributed by atoms with Gasteiger partial charge in [0.25, 0.3) is 0 Å². The second kappa shape index (κ2) is 5.67. The Morgan fingerprint density at radius 1 is 1.16 bits per heavy atom. The number of nitrogens with one attached hydrogen (secondary N) is 2. The van der Waals surface area contributed by atoms with Crippen molar-refractivity contribution in [3.05, 3.63) is 42.9 Å². The third-order valence-electron chi connectivity index (χ3n) is 3.59. The number of rotatable bonds is 4. The van der Waals surface area contributed by atoms with E-state index in [9.17, 15) is 0 Å². The van der Waals surface area contributed by atoms with Crippen molar-refractivity contribution in [1.82, 2.24) is 25.1 Å². The molecule has 4 aromatic rings. The molecule has 1 aromatic carbocycles. The van der Waals surface area contributed by atoms with Crippen LogP contribution in [0, 0.1) is 0 Å². The molecule has 0 atom stereocenters. The summed E-state index contributed by atoms with van der Waals surface area (Å²) >= 11 is 0. The number of aromatic nitrogens is 5. The van der Waals surface area contributed by atoms with Crippen LogP contribution in [0.1, 0.15) is 13.8 Å². The first-order valence-electron chi connectivity index (χ1n) is 7.79. The summed E-state index contributed by atoms with van der Waals surface area (Å²) in [7, 11) is 0. The predicted octanol–water partition coefficient (Wildman–Crippen LogP) is 2.78. The molecule has 0 saturated heterocycles. The average Bonchev–Trinajstić information content (AvgIpc) is 3.20. The molecular weight excluding hydrogens is 318 g/mol. The summed E-state index contributed by atoms with van der Waals surface area (Å²) in [5.41, 5.74) is 7.96. The zero-order valence-corrected chi connectivity index (χ0v) is 13.8. The predicted molar refractivity (Wildman–Crippen MR) is 94.5 cm³/mol. The molecule has 0 spiro atoms. The van der Waals surface area contributed by atoms with Crippen molar-refractivity contribution in [1.29, 1.82) is 0 Å². The molecule has 0 radical (unpaired) electrons. The van der Waals surface area contributed by atoms with Crippen LogP contribution in [-0.4, -0.2) is 30.8 Å². The molecule has 0 aliphatic heterocycles. The fraction of sp³-hybridized carbons (Fsp3) is 0.176. The van der Waals surface area contributed by atoms with Crippen molar-refractivity contribution in [3.63, 3.8) is 0 Å². The molecule has 0 amide bonds. The van der Waals surface area contributed by atoms with Gasteiger partial charge >= 0.3 is 6.01 Å². The highest BCUT2D eigenvalue weighted by molar-refractivity contribution is 5.95. The van der Waals surface area contributed by atoms with E-state index in [1.807, 2.05) is 38.2 Å². The standard InChI is InChI=1S/C17H17N7O/c1-17(2,18)22-16-24-23-15(25-16)10-4-5-13-11(8-10)12(9-21-13)14-19-6-3-7-20-14/h3-9,21H,18H2,1-2H3,(H,22,24). The Balaban J connectivity index is 1.74. The minimum Gasteiger partial charge on any atom is -0.403 e. The Morgan fingerprint density at radius 2 is 1.96 bits per heavy atom. The Hall–Kier alpha value is -3.26. The fourth-order valence-electron chi connectivity index (χ4n) is 2.54. The van der Waals surface area contributed by atoms with E-state index >= 15 is 0 Å². The first kappa shape index (κ1) is 15.3. The molecule has 3 heterocycles. The van der Waals surface area contributed by atoms with Crippen molar-refractivity contribution >= 4 is 16.9 Å². The van der Waals surface area contributed by atoms with Crippen molar-refractivity contribution in [2.24, 2.45) is 5.73 Å². The zero-order valence-electron chi connectivity index (χ0n) is 13.8. The number of nitrogens with zero attached hydrogens (tertiary/aromatic N) is 4. The molecule has 25 heavy (non-hydrogen) atoms. The maximum atomic E-state index is 5.90. The van der Waals surface area contributed by atoms with Gasteiger partial charge in [-0.15, -0.1) is 5.10 Å². The van der Waals surface area contributed by atoms with Crippen molar-refractivity contribution in [3.8, 4) is 22.8 Å². The molecule has 0 aliphatic carbocycles. The van der Waals surface area contributed by atoms with Gasteiger partial charge in [-0.2, -0.15) is 0 Å². The van der Waals surface area contributed by atoms with E-state index in [1.54, 1.807) is 18.5 Å². The lowest BCUT2D eigenvalue weighted by molar-refractivity contribution is 0.525. The first-order chi connectivity index (χ1) is 12.0. The van der Waals surface area contributed by atoms with Gasteiger partial charge in [0.15, 0.2) is 5.82 Å². The summed E-state index contributed by atoms with van der Waals surface area (Å²) < 4.78 is 5.66. The summed E-state index contributed by atoms with van der Waals surface area (Å²) in [5, 5.41) is 12.0. The fourth-order valence-corrected chi connectivity index (χ4v) is 2.54. The lowest BCUT2D eigenvalue weighted by atomic mass is 10.1. The van der Waals surface area contributed by atoms with Gasteiger partial charge in [-0.3, -0.25) is 0 Å². The molecule has 0 bridgehead atoms. The van der Waals surface area contributed by atoms with Crippen molar-refractivity contribution in [2.75, 3.05) is 5.32 Å². The second-order valence-electron chi connectivity index (χ2n) is 6.29. The van der Waals surface area contributed by atoms with Gasteiger partial charge in [-0.25, -0.2) is 9.97 Å². The topological polar surface area (TPSA) is 119 Å². The molecule has 4 rings (SSSR count). The highest BCUT2D eigenvalue weighted by atomic mass is 16.4. The van der Waals surface area contributed by atoms with Gasteiger partial charge in [0.2, 0.25) is 5.89 Å². The van der Waals surface area contributed by atoms with Crippen LogP contribution in [0.3, 0.4) is 0 Å². The molecule has 8 nitrogen and oxygen atoms in total. The smallest absolute Gasteiger partial charge is 0.317 e. The summed E-state index contributed by atoms with van der Waals surface area (Å²) in [6.45, 7) is 3.63. The second-order valence-corrected chi connectivity index (χ2v) is 6.29. The molecule has 4 N–H and O–H groups in total. The van der Waals surface area contributed by atoms with E-state index < -0.39 is 5.66 Å². The molecule has 3 aromatic heterocycles. The lowest BCUT2D eigenvalue weighted by Crippen LogP contribution is -2.40. The molecule has 8 heteroatoms. The van der Waals surface area contributed by atoms with Crippen molar-refractivity contribution in [2.45, 2.75) is 19.5 Å². The largest absolute Gasteiger partial charge is 0.403 e. The number of nitrogens with two attached hydrogens (primary N) is 1. The maximum absolute atomic E-state index is 5.90. The first-order valence-corrected chi connectivity index (χ1v) is 7.79. The molecule has 0 unspecified atom stereocenters. The summed E-state index contributed by atoms with van der Waals surface area (Å²) in [4.78, 5) is 11.8. The number of hydrogen-bond acceptors (Lipinski definition) is 7. The normalized spacial score (nSPS) is 11.8. The van der Waals surface area contributed by atoms with Crippen LogP contribution >= 0.6 is 0 Å².